The molecular weight excluding hydrogens is 320 g/mol. The number of aromatic nitrogens is 1. The van der Waals surface area contributed by atoms with Crippen LogP contribution in [-0.2, 0) is 15.7 Å². The summed E-state index contributed by atoms with van der Waals surface area (Å²) in [6, 6.07) is 10.8. The second kappa shape index (κ2) is 6.06. The van der Waals surface area contributed by atoms with Crippen molar-refractivity contribution >= 4 is 25.4 Å². The minimum absolute atomic E-state index is 0.0940. The van der Waals surface area contributed by atoms with Crippen LogP contribution < -0.4 is 4.74 Å². The van der Waals surface area contributed by atoms with E-state index in [1.54, 1.807) is 24.3 Å². The lowest BCUT2D eigenvalue weighted by Crippen LogP contribution is -2.03. The molecule has 0 aliphatic carbocycles. The van der Waals surface area contributed by atoms with Gasteiger partial charge in [0.2, 0.25) is 5.88 Å². The van der Waals surface area contributed by atoms with Crippen LogP contribution in [0.4, 0.5) is 5.69 Å². The van der Waals surface area contributed by atoms with E-state index < -0.39 is 24.7 Å². The number of hydrogen-bond donors (Lipinski definition) is 0. The van der Waals surface area contributed by atoms with Gasteiger partial charge in [0, 0.05) is 10.7 Å². The van der Waals surface area contributed by atoms with Gasteiger partial charge in [0.25, 0.3) is 14.7 Å². The van der Waals surface area contributed by atoms with Gasteiger partial charge in [0.05, 0.1) is 17.1 Å². The second-order valence-corrected chi connectivity index (χ2v) is 6.48. The molecular formula is C12H9ClN2O5S. The highest BCUT2D eigenvalue weighted by Gasteiger charge is 2.20. The lowest BCUT2D eigenvalue weighted by atomic mass is 10.2. The van der Waals surface area contributed by atoms with Gasteiger partial charge in [-0.05, 0) is 5.56 Å². The first-order valence-corrected chi connectivity index (χ1v) is 7.95. The molecule has 1 aromatic carbocycles. The first-order chi connectivity index (χ1) is 9.86. The predicted octanol–water partition coefficient (Wildman–Crippen LogP) is 2.50. The zero-order valence-corrected chi connectivity index (χ0v) is 12.0. The van der Waals surface area contributed by atoms with Crippen LogP contribution in [-0.4, -0.2) is 18.3 Å². The highest BCUT2D eigenvalue weighted by atomic mass is 35.7. The van der Waals surface area contributed by atoms with Crippen molar-refractivity contribution in [2.45, 2.75) is 11.6 Å². The number of nitrogens with zero attached hydrogens (tertiary/aromatic N) is 2. The molecule has 9 heteroatoms. The summed E-state index contributed by atoms with van der Waals surface area (Å²) < 4.78 is 27.8. The van der Waals surface area contributed by atoms with Gasteiger partial charge in [-0.3, -0.25) is 10.1 Å². The number of ether oxygens (including phenoxy) is 1. The fourth-order valence-electron chi connectivity index (χ4n) is 1.50. The van der Waals surface area contributed by atoms with Crippen LogP contribution in [0.25, 0.3) is 0 Å². The highest BCUT2D eigenvalue weighted by Crippen LogP contribution is 2.24. The molecule has 0 aliphatic rings. The Morgan fingerprint density at radius 1 is 1.24 bits per heavy atom. The Kier molecular flexibility index (Phi) is 4.39. The van der Waals surface area contributed by atoms with E-state index in [0.717, 1.165) is 17.7 Å². The first kappa shape index (κ1) is 15.2. The molecule has 0 N–H and O–H groups in total. The molecule has 0 fully saturated rings. The Bertz CT molecular complexity index is 764. The third-order valence-electron chi connectivity index (χ3n) is 2.45. The smallest absolute Gasteiger partial charge is 0.279 e. The lowest BCUT2D eigenvalue weighted by Gasteiger charge is -2.06. The van der Waals surface area contributed by atoms with Gasteiger partial charge >= 0.3 is 0 Å². The maximum absolute atomic E-state index is 11.3. The second-order valence-electron chi connectivity index (χ2n) is 3.97. The molecule has 0 atom stereocenters. The largest absolute Gasteiger partial charge is 0.473 e. The summed E-state index contributed by atoms with van der Waals surface area (Å²) in [7, 11) is 0.968. The van der Waals surface area contributed by atoms with E-state index in [1.807, 2.05) is 6.07 Å². The number of nitro groups is 1. The minimum atomic E-state index is -4.19. The quantitative estimate of drug-likeness (QED) is 0.475. The van der Waals surface area contributed by atoms with Gasteiger partial charge in [-0.1, -0.05) is 30.3 Å². The Morgan fingerprint density at radius 2 is 1.90 bits per heavy atom. The van der Waals surface area contributed by atoms with E-state index in [9.17, 15) is 18.5 Å². The summed E-state index contributed by atoms with van der Waals surface area (Å²) in [4.78, 5) is 13.7. The average Bonchev–Trinajstić information content (AvgIpc) is 2.45. The predicted molar refractivity (Wildman–Crippen MR) is 74.7 cm³/mol. The minimum Gasteiger partial charge on any atom is -0.473 e. The number of pyridine rings is 1. The molecule has 0 bridgehead atoms. The molecule has 0 spiro atoms. The molecule has 0 radical (unpaired) electrons. The van der Waals surface area contributed by atoms with Crippen molar-refractivity contribution in [2.24, 2.45) is 0 Å². The Labute approximate surface area is 124 Å². The van der Waals surface area contributed by atoms with E-state index >= 15 is 0 Å². The molecule has 0 saturated heterocycles. The number of rotatable bonds is 5. The van der Waals surface area contributed by atoms with Crippen molar-refractivity contribution < 1.29 is 18.1 Å². The molecule has 1 aromatic heterocycles. The van der Waals surface area contributed by atoms with E-state index in [0.29, 0.717) is 0 Å². The standard InChI is InChI=1S/C12H9ClN2O5S/c13-21(18,19)12-7-10(15(16)17)6-11(14-12)20-8-9-4-2-1-3-5-9/h1-7H,8H2. The molecule has 2 rings (SSSR count). The maximum atomic E-state index is 11.3. The monoisotopic (exact) mass is 328 g/mol. The number of hydrogen-bond acceptors (Lipinski definition) is 6. The van der Waals surface area contributed by atoms with E-state index in [-0.39, 0.29) is 12.5 Å². The highest BCUT2D eigenvalue weighted by molar-refractivity contribution is 8.13. The van der Waals surface area contributed by atoms with Crippen LogP contribution in [0, 0.1) is 10.1 Å². The maximum Gasteiger partial charge on any atom is 0.279 e. The topological polar surface area (TPSA) is 99.4 Å². The summed E-state index contributed by atoms with van der Waals surface area (Å²) in [6.45, 7) is 0.0940. The zero-order valence-electron chi connectivity index (χ0n) is 10.5. The fraction of sp³-hybridized carbons (Fsp3) is 0.0833. The van der Waals surface area contributed by atoms with Crippen LogP contribution in [0.1, 0.15) is 5.56 Å². The molecule has 1 heterocycles. The van der Waals surface area contributed by atoms with Gasteiger partial charge in [-0.15, -0.1) is 0 Å². The van der Waals surface area contributed by atoms with Crippen molar-refractivity contribution in [2.75, 3.05) is 0 Å². The summed E-state index contributed by atoms with van der Waals surface area (Å²) in [6.07, 6.45) is 0. The summed E-state index contributed by atoms with van der Waals surface area (Å²) in [5, 5.41) is 10.2. The van der Waals surface area contributed by atoms with E-state index in [4.69, 9.17) is 15.4 Å². The first-order valence-electron chi connectivity index (χ1n) is 5.64. The van der Waals surface area contributed by atoms with Crippen molar-refractivity contribution in [3.8, 4) is 5.88 Å². The van der Waals surface area contributed by atoms with Crippen LogP contribution in [0.2, 0.25) is 0 Å². The molecule has 7 nitrogen and oxygen atoms in total. The van der Waals surface area contributed by atoms with Crippen LogP contribution >= 0.6 is 10.7 Å². The van der Waals surface area contributed by atoms with Crippen molar-refractivity contribution in [1.29, 1.82) is 0 Å². The number of halogens is 1. The third kappa shape index (κ3) is 4.14. The van der Waals surface area contributed by atoms with E-state index in [1.165, 1.54) is 0 Å². The molecule has 0 amide bonds. The van der Waals surface area contributed by atoms with Gasteiger partial charge in [0.1, 0.15) is 6.61 Å². The summed E-state index contributed by atoms with van der Waals surface area (Å²) in [5.74, 6) is -0.188. The normalized spacial score (nSPS) is 11.1. The van der Waals surface area contributed by atoms with Crippen molar-refractivity contribution in [3.05, 3.63) is 58.1 Å². The van der Waals surface area contributed by atoms with Crippen LogP contribution in [0.3, 0.4) is 0 Å². The molecule has 0 unspecified atom stereocenters. The Balaban J connectivity index is 2.30. The van der Waals surface area contributed by atoms with Crippen molar-refractivity contribution in [3.63, 3.8) is 0 Å². The molecule has 0 aliphatic heterocycles. The van der Waals surface area contributed by atoms with Crippen molar-refractivity contribution in [1.82, 2.24) is 4.98 Å². The average molecular weight is 329 g/mol. The lowest BCUT2D eigenvalue weighted by molar-refractivity contribution is -0.385. The van der Waals surface area contributed by atoms with Crippen LogP contribution in [0.5, 0.6) is 5.88 Å². The summed E-state index contributed by atoms with van der Waals surface area (Å²) in [5.41, 5.74) is 0.341. The molecule has 0 saturated carbocycles. The third-order valence-corrected chi connectivity index (χ3v) is 3.64. The molecule has 2 aromatic rings. The molecule has 110 valence electrons. The number of benzene rings is 1. The van der Waals surface area contributed by atoms with Gasteiger partial charge < -0.3 is 4.74 Å². The Morgan fingerprint density at radius 3 is 2.48 bits per heavy atom. The van der Waals surface area contributed by atoms with Gasteiger partial charge in [-0.25, -0.2) is 8.42 Å². The zero-order chi connectivity index (χ0) is 15.5. The molecule has 21 heavy (non-hydrogen) atoms. The van der Waals surface area contributed by atoms with Crippen LogP contribution in [0.15, 0.2) is 47.5 Å². The fourth-order valence-corrected chi connectivity index (χ4v) is 2.20. The van der Waals surface area contributed by atoms with Gasteiger partial charge in [0.15, 0.2) is 5.03 Å². The SMILES string of the molecule is O=[N+]([O-])c1cc(OCc2ccccc2)nc(S(=O)(=O)Cl)c1. The summed E-state index contributed by atoms with van der Waals surface area (Å²) >= 11 is 0. The Hall–Kier alpha value is -2.19. The van der Waals surface area contributed by atoms with Gasteiger partial charge in [-0.2, -0.15) is 4.98 Å². The van der Waals surface area contributed by atoms with E-state index in [2.05, 4.69) is 4.98 Å².